The number of nitrogens with zero attached hydrogens (tertiary/aromatic N) is 4. The summed E-state index contributed by atoms with van der Waals surface area (Å²) < 4.78 is 5.09. The van der Waals surface area contributed by atoms with Crippen molar-refractivity contribution in [2.45, 2.75) is 51.5 Å². The van der Waals surface area contributed by atoms with Gasteiger partial charge in [0, 0.05) is 25.2 Å². The third kappa shape index (κ3) is 5.93. The van der Waals surface area contributed by atoms with Crippen molar-refractivity contribution in [2.24, 2.45) is 5.73 Å². The zero-order valence-corrected chi connectivity index (χ0v) is 17.0. The van der Waals surface area contributed by atoms with Gasteiger partial charge in [-0.3, -0.25) is 9.80 Å². The first-order chi connectivity index (χ1) is 11.7. The number of piperidine rings is 1. The van der Waals surface area contributed by atoms with Crippen LogP contribution in [0.15, 0.2) is 34.9 Å². The van der Waals surface area contributed by atoms with Crippen molar-refractivity contribution in [3.05, 3.63) is 47.6 Å². The molecule has 8 heteroatoms. The number of aromatic nitrogens is 2. The summed E-state index contributed by atoms with van der Waals surface area (Å²) in [5, 5.41) is 3.99. The minimum atomic E-state index is 0. The van der Waals surface area contributed by atoms with Gasteiger partial charge in [-0.25, -0.2) is 0 Å². The maximum Gasteiger partial charge on any atom is 0.240 e. The molecule has 6 nitrogen and oxygen atoms in total. The van der Waals surface area contributed by atoms with Crippen molar-refractivity contribution in [3.8, 4) is 0 Å². The zero-order valence-electron chi connectivity index (χ0n) is 15.4. The molecule has 0 spiro atoms. The summed E-state index contributed by atoms with van der Waals surface area (Å²) in [5.41, 5.74) is 6.90. The normalized spacial score (nSPS) is 20.5. The Morgan fingerprint density at radius 3 is 2.62 bits per heavy atom. The lowest BCUT2D eigenvalue weighted by Gasteiger charge is -2.41. The Labute approximate surface area is 167 Å². The Balaban J connectivity index is 0.00000169. The second kappa shape index (κ2) is 10.8. The lowest BCUT2D eigenvalue weighted by Crippen LogP contribution is -2.47. The highest BCUT2D eigenvalue weighted by Gasteiger charge is 2.28. The minimum absolute atomic E-state index is 0. The number of hydrogen-bond acceptors (Lipinski definition) is 6. The lowest BCUT2D eigenvalue weighted by molar-refractivity contribution is 0.0757. The third-order valence-electron chi connectivity index (χ3n) is 4.91. The predicted molar refractivity (Wildman–Crippen MR) is 107 cm³/mol. The van der Waals surface area contributed by atoms with Crippen molar-refractivity contribution in [3.63, 3.8) is 0 Å². The Hall–Kier alpha value is -1.18. The number of hydrogen-bond donors (Lipinski definition) is 1. The largest absolute Gasteiger partial charge is 0.338 e. The van der Waals surface area contributed by atoms with Gasteiger partial charge < -0.3 is 10.3 Å². The van der Waals surface area contributed by atoms with Gasteiger partial charge in [-0.15, -0.1) is 24.8 Å². The molecule has 0 aliphatic carbocycles. The Bertz CT molecular complexity index is 640. The first-order valence-electron chi connectivity index (χ1n) is 8.65. The smallest absolute Gasteiger partial charge is 0.240 e. The van der Waals surface area contributed by atoms with Gasteiger partial charge >= 0.3 is 0 Å². The number of rotatable bonds is 6. The summed E-state index contributed by atoms with van der Waals surface area (Å²) in [6.07, 6.45) is 2.32. The van der Waals surface area contributed by atoms with E-state index in [0.29, 0.717) is 31.1 Å². The Kier molecular flexibility index (Phi) is 9.54. The maximum absolute atomic E-state index is 5.52. The summed E-state index contributed by atoms with van der Waals surface area (Å²) in [6.45, 7) is 5.48. The number of nitrogens with two attached hydrogens (primary N) is 1. The summed E-state index contributed by atoms with van der Waals surface area (Å²) >= 11 is 0. The molecule has 1 aromatic heterocycles. The van der Waals surface area contributed by atoms with E-state index in [4.69, 9.17) is 10.3 Å². The molecular weight excluding hydrogens is 373 g/mol. The predicted octanol–water partition coefficient (Wildman–Crippen LogP) is 2.86. The van der Waals surface area contributed by atoms with Crippen molar-refractivity contribution in [1.29, 1.82) is 0 Å². The van der Waals surface area contributed by atoms with Crippen LogP contribution in [0.4, 0.5) is 0 Å². The molecule has 0 bridgehead atoms. The molecule has 146 valence electrons. The number of halogens is 2. The molecule has 2 aromatic rings. The summed E-state index contributed by atoms with van der Waals surface area (Å²) in [5.74, 6) is 1.22. The fourth-order valence-electron chi connectivity index (χ4n) is 3.44. The van der Waals surface area contributed by atoms with Crippen LogP contribution in [0.3, 0.4) is 0 Å². The van der Waals surface area contributed by atoms with E-state index in [0.717, 1.165) is 31.8 Å². The highest BCUT2D eigenvalue weighted by Crippen LogP contribution is 2.23. The van der Waals surface area contributed by atoms with Crippen molar-refractivity contribution in [2.75, 3.05) is 13.6 Å². The maximum atomic E-state index is 5.52. The third-order valence-corrected chi connectivity index (χ3v) is 4.91. The van der Waals surface area contributed by atoms with Crippen LogP contribution >= 0.6 is 24.8 Å². The summed E-state index contributed by atoms with van der Waals surface area (Å²) in [4.78, 5) is 9.20. The average molecular weight is 402 g/mol. The second-order valence-electron chi connectivity index (χ2n) is 6.71. The van der Waals surface area contributed by atoms with E-state index < -0.39 is 0 Å². The highest BCUT2D eigenvalue weighted by molar-refractivity contribution is 5.85. The van der Waals surface area contributed by atoms with Crippen LogP contribution in [0, 0.1) is 0 Å². The lowest BCUT2D eigenvalue weighted by atomic mass is 9.96. The van der Waals surface area contributed by atoms with Crippen LogP contribution in [0.5, 0.6) is 0 Å². The van der Waals surface area contributed by atoms with Gasteiger partial charge in [0.2, 0.25) is 5.89 Å². The molecule has 26 heavy (non-hydrogen) atoms. The van der Waals surface area contributed by atoms with Crippen molar-refractivity contribution in [1.82, 2.24) is 19.9 Å². The topological polar surface area (TPSA) is 71.4 Å². The molecule has 2 heterocycles. The van der Waals surface area contributed by atoms with Crippen LogP contribution < -0.4 is 5.73 Å². The van der Waals surface area contributed by atoms with E-state index in [1.54, 1.807) is 0 Å². The molecule has 1 aromatic carbocycles. The first-order valence-corrected chi connectivity index (χ1v) is 8.65. The fraction of sp³-hybridized carbons (Fsp3) is 0.556. The number of benzene rings is 1. The molecule has 0 saturated carbocycles. The van der Waals surface area contributed by atoms with Gasteiger partial charge in [0.05, 0.1) is 13.1 Å². The molecule has 2 N–H and O–H groups in total. The monoisotopic (exact) mass is 401 g/mol. The van der Waals surface area contributed by atoms with E-state index in [9.17, 15) is 0 Å². The first kappa shape index (κ1) is 22.9. The van der Waals surface area contributed by atoms with Crippen LogP contribution in [0.2, 0.25) is 0 Å². The molecule has 1 aliphatic heterocycles. The highest BCUT2D eigenvalue weighted by atomic mass is 35.5. The minimum Gasteiger partial charge on any atom is -0.338 e. The van der Waals surface area contributed by atoms with Gasteiger partial charge in [-0.1, -0.05) is 35.5 Å². The fourth-order valence-corrected chi connectivity index (χ4v) is 3.44. The Morgan fingerprint density at radius 2 is 2.00 bits per heavy atom. The molecular formula is C18H29Cl2N5O. The second-order valence-corrected chi connectivity index (χ2v) is 6.71. The zero-order chi connectivity index (χ0) is 16.9. The quantitative estimate of drug-likeness (QED) is 0.801. The average Bonchev–Trinajstić information content (AvgIpc) is 3.05. The van der Waals surface area contributed by atoms with Crippen LogP contribution in [0.25, 0.3) is 0 Å². The van der Waals surface area contributed by atoms with E-state index >= 15 is 0 Å². The van der Waals surface area contributed by atoms with E-state index in [2.05, 4.69) is 64.2 Å². The van der Waals surface area contributed by atoms with Gasteiger partial charge in [0.25, 0.3) is 0 Å². The van der Waals surface area contributed by atoms with Gasteiger partial charge in [0.15, 0.2) is 5.82 Å². The summed E-state index contributed by atoms with van der Waals surface area (Å²) in [7, 11) is 2.14. The van der Waals surface area contributed by atoms with Gasteiger partial charge in [-0.05, 0) is 32.4 Å². The van der Waals surface area contributed by atoms with Gasteiger partial charge in [0.1, 0.15) is 0 Å². The summed E-state index contributed by atoms with van der Waals surface area (Å²) in [6, 6.07) is 11.8. The van der Waals surface area contributed by atoms with Crippen molar-refractivity contribution < 1.29 is 4.52 Å². The van der Waals surface area contributed by atoms with E-state index in [1.165, 1.54) is 5.56 Å². The molecule has 1 aliphatic rings. The molecule has 1 fully saturated rings. The molecule has 2 unspecified atom stereocenters. The molecule has 3 rings (SSSR count). The standard InChI is InChI=1S/C18H27N5O.2ClH/c1-14-10-16(22(2)13-17-20-18(11-19)24-21-17)8-9-23(14)12-15-6-4-3-5-7-15;;/h3-7,14,16H,8-13,19H2,1-2H3;2*1H. The molecule has 2 atom stereocenters. The number of likely N-dealkylation sites (tertiary alicyclic amines) is 1. The SMILES string of the molecule is CC1CC(N(C)Cc2noc(CN)n2)CCN1Cc1ccccc1.Cl.Cl. The van der Waals surface area contributed by atoms with Gasteiger partial charge in [-0.2, -0.15) is 4.98 Å². The van der Waals surface area contributed by atoms with Crippen LogP contribution in [-0.4, -0.2) is 45.6 Å². The Morgan fingerprint density at radius 1 is 1.27 bits per heavy atom. The van der Waals surface area contributed by atoms with Crippen LogP contribution in [-0.2, 0) is 19.6 Å². The van der Waals surface area contributed by atoms with Crippen LogP contribution in [0.1, 0.15) is 37.0 Å². The molecule has 0 amide bonds. The molecule has 1 saturated heterocycles. The molecule has 0 radical (unpaired) electrons. The van der Waals surface area contributed by atoms with E-state index in [1.807, 2.05) is 0 Å². The van der Waals surface area contributed by atoms with E-state index in [-0.39, 0.29) is 24.8 Å². The van der Waals surface area contributed by atoms with Crippen molar-refractivity contribution >= 4 is 24.8 Å².